The van der Waals surface area contributed by atoms with Crippen LogP contribution >= 0.6 is 0 Å². The van der Waals surface area contributed by atoms with Crippen molar-refractivity contribution in [3.8, 4) is 17.2 Å². The number of hydrogen-bond acceptors (Lipinski definition) is 5. The number of benzene rings is 1. The molecule has 1 rings (SSSR count). The summed E-state index contributed by atoms with van der Waals surface area (Å²) in [5, 5.41) is 5.37. The van der Waals surface area contributed by atoms with Crippen LogP contribution in [0.2, 0.25) is 0 Å². The average molecular weight is 324 g/mol. The number of hydrogen-bond donors (Lipinski definition) is 2. The number of methoxy groups -OCH3 is 3. The van der Waals surface area contributed by atoms with Gasteiger partial charge in [-0.15, -0.1) is 0 Å². The smallest absolute Gasteiger partial charge is 0.233 e. The van der Waals surface area contributed by atoms with Crippen molar-refractivity contribution in [3.63, 3.8) is 0 Å². The Labute approximate surface area is 136 Å². The van der Waals surface area contributed by atoms with E-state index in [4.69, 9.17) is 14.2 Å². The molecule has 7 heteroatoms. The standard InChI is InChI=1S/C16H24N2O5/c1-16(2,3)18-14(20)9-13(19)17-10-7-11(21-4)15(23-6)12(8-10)22-5/h7-8H,9H2,1-6H3,(H,17,19)(H,18,20). The van der Waals surface area contributed by atoms with E-state index in [1.165, 1.54) is 21.3 Å². The van der Waals surface area contributed by atoms with Gasteiger partial charge in [0.2, 0.25) is 17.6 Å². The van der Waals surface area contributed by atoms with Crippen LogP contribution < -0.4 is 24.8 Å². The lowest BCUT2D eigenvalue weighted by atomic mass is 10.1. The van der Waals surface area contributed by atoms with Crippen molar-refractivity contribution < 1.29 is 23.8 Å². The van der Waals surface area contributed by atoms with Gasteiger partial charge >= 0.3 is 0 Å². The van der Waals surface area contributed by atoms with Crippen molar-refractivity contribution in [2.45, 2.75) is 32.7 Å². The average Bonchev–Trinajstić information content (AvgIpc) is 2.43. The number of anilines is 1. The summed E-state index contributed by atoms with van der Waals surface area (Å²) < 4.78 is 15.6. The summed E-state index contributed by atoms with van der Waals surface area (Å²) in [5.41, 5.74) is 0.0669. The summed E-state index contributed by atoms with van der Waals surface area (Å²) in [6, 6.07) is 3.20. The van der Waals surface area contributed by atoms with E-state index in [1.54, 1.807) is 12.1 Å². The molecule has 128 valence electrons. The van der Waals surface area contributed by atoms with Crippen molar-refractivity contribution in [2.24, 2.45) is 0 Å². The van der Waals surface area contributed by atoms with Crippen molar-refractivity contribution in [3.05, 3.63) is 12.1 Å². The molecule has 23 heavy (non-hydrogen) atoms. The maximum absolute atomic E-state index is 12.0. The molecule has 0 aromatic heterocycles. The van der Waals surface area contributed by atoms with E-state index < -0.39 is 5.91 Å². The molecule has 2 N–H and O–H groups in total. The van der Waals surface area contributed by atoms with Crippen LogP contribution in [0.1, 0.15) is 27.2 Å². The van der Waals surface area contributed by atoms with Crippen LogP contribution in [0.5, 0.6) is 17.2 Å². The molecule has 0 bridgehead atoms. The molecule has 0 radical (unpaired) electrons. The lowest BCUT2D eigenvalue weighted by molar-refractivity contribution is -0.127. The zero-order valence-corrected chi connectivity index (χ0v) is 14.4. The highest BCUT2D eigenvalue weighted by molar-refractivity contribution is 6.04. The summed E-state index contributed by atoms with van der Waals surface area (Å²) in [4.78, 5) is 23.7. The molecule has 0 fully saturated rings. The molecule has 1 aromatic carbocycles. The molecule has 1 aromatic rings. The molecule has 0 saturated heterocycles. The van der Waals surface area contributed by atoms with Crippen LogP contribution in [0.4, 0.5) is 5.69 Å². The Kier molecular flexibility index (Phi) is 6.24. The summed E-state index contributed by atoms with van der Waals surface area (Å²) in [6.07, 6.45) is -0.270. The topological polar surface area (TPSA) is 85.9 Å². The number of nitrogens with one attached hydrogen (secondary N) is 2. The van der Waals surface area contributed by atoms with Crippen molar-refractivity contribution >= 4 is 17.5 Å². The first-order valence-electron chi connectivity index (χ1n) is 7.11. The molecule has 7 nitrogen and oxygen atoms in total. The fourth-order valence-electron chi connectivity index (χ4n) is 1.97. The molecular weight excluding hydrogens is 300 g/mol. The molecular formula is C16H24N2O5. The Morgan fingerprint density at radius 1 is 0.957 bits per heavy atom. The normalized spacial score (nSPS) is 10.7. The lowest BCUT2D eigenvalue weighted by Gasteiger charge is -2.20. The first-order valence-corrected chi connectivity index (χ1v) is 7.11. The number of ether oxygens (including phenoxy) is 3. The van der Waals surface area contributed by atoms with Gasteiger partial charge in [-0.3, -0.25) is 9.59 Å². The number of amides is 2. The SMILES string of the molecule is COc1cc(NC(=O)CC(=O)NC(C)(C)C)cc(OC)c1OC. The third kappa shape index (κ3) is 5.69. The largest absolute Gasteiger partial charge is 0.493 e. The second kappa shape index (κ2) is 7.71. The molecule has 0 aliphatic rings. The Bertz CT molecular complexity index is 553. The van der Waals surface area contributed by atoms with Crippen molar-refractivity contribution in [1.82, 2.24) is 5.32 Å². The van der Waals surface area contributed by atoms with Gasteiger partial charge in [-0.25, -0.2) is 0 Å². The zero-order chi connectivity index (χ0) is 17.6. The van der Waals surface area contributed by atoms with E-state index in [0.29, 0.717) is 22.9 Å². The molecule has 0 aliphatic carbocycles. The number of carbonyl (C=O) groups excluding carboxylic acids is 2. The van der Waals surface area contributed by atoms with Gasteiger partial charge in [0.1, 0.15) is 6.42 Å². The Morgan fingerprint density at radius 2 is 1.48 bits per heavy atom. The van der Waals surface area contributed by atoms with Crippen molar-refractivity contribution in [2.75, 3.05) is 26.6 Å². The van der Waals surface area contributed by atoms with Crippen LogP contribution in [0.25, 0.3) is 0 Å². The first kappa shape index (κ1) is 18.6. The molecule has 2 amide bonds. The minimum absolute atomic E-state index is 0.270. The van der Waals surface area contributed by atoms with Crippen LogP contribution in [-0.4, -0.2) is 38.7 Å². The fraction of sp³-hybridized carbons (Fsp3) is 0.500. The highest BCUT2D eigenvalue weighted by Gasteiger charge is 2.18. The maximum atomic E-state index is 12.0. The van der Waals surface area contributed by atoms with E-state index in [2.05, 4.69) is 10.6 Å². The van der Waals surface area contributed by atoms with Gasteiger partial charge in [-0.05, 0) is 20.8 Å². The third-order valence-corrected chi connectivity index (χ3v) is 2.78. The van der Waals surface area contributed by atoms with Gasteiger partial charge in [-0.2, -0.15) is 0 Å². The zero-order valence-electron chi connectivity index (χ0n) is 14.4. The highest BCUT2D eigenvalue weighted by Crippen LogP contribution is 2.39. The van der Waals surface area contributed by atoms with E-state index >= 15 is 0 Å². The van der Waals surface area contributed by atoms with Gasteiger partial charge in [-0.1, -0.05) is 0 Å². The van der Waals surface area contributed by atoms with Gasteiger partial charge < -0.3 is 24.8 Å². The van der Waals surface area contributed by atoms with Crippen LogP contribution in [0.3, 0.4) is 0 Å². The maximum Gasteiger partial charge on any atom is 0.233 e. The van der Waals surface area contributed by atoms with E-state index in [9.17, 15) is 9.59 Å². The number of carbonyl (C=O) groups is 2. The van der Waals surface area contributed by atoms with Gasteiger partial charge in [0.05, 0.1) is 21.3 Å². The van der Waals surface area contributed by atoms with Gasteiger partial charge in [0.15, 0.2) is 11.5 Å². The number of rotatable bonds is 6. The molecule has 0 heterocycles. The summed E-state index contributed by atoms with van der Waals surface area (Å²) in [7, 11) is 4.47. The second-order valence-corrected chi connectivity index (χ2v) is 5.94. The molecule has 0 saturated carbocycles. The van der Waals surface area contributed by atoms with E-state index in [1.807, 2.05) is 20.8 Å². The molecule has 0 spiro atoms. The van der Waals surface area contributed by atoms with Crippen LogP contribution in [0.15, 0.2) is 12.1 Å². The Balaban J connectivity index is 2.84. The van der Waals surface area contributed by atoms with Crippen LogP contribution in [-0.2, 0) is 9.59 Å². The predicted octanol–water partition coefficient (Wildman–Crippen LogP) is 1.96. The first-order chi connectivity index (χ1) is 10.7. The molecule has 0 unspecified atom stereocenters. The van der Waals surface area contributed by atoms with Crippen LogP contribution in [0, 0.1) is 0 Å². The van der Waals surface area contributed by atoms with E-state index in [-0.39, 0.29) is 17.9 Å². The Morgan fingerprint density at radius 3 is 1.87 bits per heavy atom. The quantitative estimate of drug-likeness (QED) is 0.781. The van der Waals surface area contributed by atoms with Gasteiger partial charge in [0, 0.05) is 23.4 Å². The fourth-order valence-corrected chi connectivity index (χ4v) is 1.97. The van der Waals surface area contributed by atoms with E-state index in [0.717, 1.165) is 0 Å². The summed E-state index contributed by atoms with van der Waals surface area (Å²) in [5.74, 6) is 0.490. The van der Waals surface area contributed by atoms with Gasteiger partial charge in [0.25, 0.3) is 0 Å². The minimum Gasteiger partial charge on any atom is -0.493 e. The highest BCUT2D eigenvalue weighted by atomic mass is 16.5. The predicted molar refractivity (Wildman–Crippen MR) is 87.2 cm³/mol. The second-order valence-electron chi connectivity index (χ2n) is 5.94. The molecule has 0 atom stereocenters. The summed E-state index contributed by atoms with van der Waals surface area (Å²) in [6.45, 7) is 5.55. The third-order valence-electron chi connectivity index (χ3n) is 2.78. The monoisotopic (exact) mass is 324 g/mol. The summed E-state index contributed by atoms with van der Waals surface area (Å²) >= 11 is 0. The minimum atomic E-state index is -0.430. The van der Waals surface area contributed by atoms with Crippen molar-refractivity contribution in [1.29, 1.82) is 0 Å². The molecule has 0 aliphatic heterocycles. The lowest BCUT2D eigenvalue weighted by Crippen LogP contribution is -2.41. The Hall–Kier alpha value is -2.44.